The van der Waals surface area contributed by atoms with E-state index in [1.165, 1.54) is 0 Å². The van der Waals surface area contributed by atoms with Crippen LogP contribution in [0.15, 0.2) is 84.9 Å². The van der Waals surface area contributed by atoms with Crippen molar-refractivity contribution in [2.24, 2.45) is 0 Å². The Bertz CT molecular complexity index is 1960. The summed E-state index contributed by atoms with van der Waals surface area (Å²) < 4.78 is 115. The van der Waals surface area contributed by atoms with Crippen molar-refractivity contribution in [1.82, 2.24) is 5.32 Å². The molecule has 0 saturated carbocycles. The summed E-state index contributed by atoms with van der Waals surface area (Å²) in [5, 5.41) is 3.09. The number of aryl methyl sites for hydroxylation is 4. The summed E-state index contributed by atoms with van der Waals surface area (Å²) in [5.74, 6) is 2.07. The van der Waals surface area contributed by atoms with Gasteiger partial charge >= 0.3 is 17.4 Å². The summed E-state index contributed by atoms with van der Waals surface area (Å²) in [7, 11) is -6.09. The van der Waals surface area contributed by atoms with Crippen molar-refractivity contribution in [3.8, 4) is 23.0 Å². The van der Waals surface area contributed by atoms with Gasteiger partial charge in [-0.1, -0.05) is 58.7 Å². The number of ether oxygens (including phenoxy) is 10. The van der Waals surface area contributed by atoms with E-state index in [-0.39, 0.29) is 25.2 Å². The minimum absolute atomic E-state index is 0.261. The van der Waals surface area contributed by atoms with Crippen LogP contribution in [-0.4, -0.2) is 136 Å². The molecule has 0 amide bonds. The average molecular weight is 967 g/mol. The number of esters is 2. The third kappa shape index (κ3) is 23.7. The van der Waals surface area contributed by atoms with E-state index in [9.17, 15) is 22.8 Å². The number of carbonyl (C=O) groups excluding carboxylic acids is 2. The standard InChI is InChI=1S/C24H32O8.C22H27NO4.CHF3O3S/c1-2-6-22-21(5-1)29-17-13-25-9-10-27-15-19-31-23-7-3-4-8-24(23)32-20-16-28-12-11-26-14-18-30-22;1-15-9-16(2)12-19(11-15)21(24)26-7-5-23-6-8-27-22(25)20-13-17(3)10-18(4)14-20;2-1(3,4)8(5,6)7/h1-8H,9-20H2;9-14,23H,5-8H2,1-4H3;(H,5,6,7)/p-1. The SMILES string of the molecule is Cc1cc(C)cc(C(=O)OCCNCCOC(=O)c2cc(C)cc(C)c2)c1.O=S(=O)([O-])C(F)(F)F.c1ccc2c(c1)OCCOCCOCCOc1ccccc1OCCOCCOCCO2. The lowest BCUT2D eigenvalue weighted by Crippen LogP contribution is -2.26. The van der Waals surface area contributed by atoms with Crippen LogP contribution >= 0.6 is 0 Å². The number of hydrogen-bond acceptors (Lipinski definition) is 16. The topological polar surface area (TPSA) is 196 Å². The predicted octanol–water partition coefficient (Wildman–Crippen LogP) is 6.56. The highest BCUT2D eigenvalue weighted by Crippen LogP contribution is 2.27. The van der Waals surface area contributed by atoms with Crippen LogP contribution in [0.25, 0.3) is 0 Å². The van der Waals surface area contributed by atoms with Gasteiger partial charge in [0.2, 0.25) is 0 Å². The van der Waals surface area contributed by atoms with Gasteiger partial charge in [0.15, 0.2) is 33.1 Å². The fraction of sp³-hybridized carbons (Fsp3) is 0.447. The molecule has 0 unspecified atom stereocenters. The molecule has 1 N–H and O–H groups in total. The van der Waals surface area contributed by atoms with Crippen LogP contribution in [0.2, 0.25) is 0 Å². The second kappa shape index (κ2) is 30.7. The van der Waals surface area contributed by atoms with Gasteiger partial charge < -0.3 is 57.2 Å². The van der Waals surface area contributed by atoms with Crippen LogP contribution < -0.4 is 24.3 Å². The molecule has 1 heterocycles. The number of rotatable bonds is 8. The Morgan fingerprint density at radius 1 is 0.522 bits per heavy atom. The Morgan fingerprint density at radius 2 is 0.776 bits per heavy atom. The Labute approximate surface area is 389 Å². The highest BCUT2D eigenvalue weighted by atomic mass is 32.2. The van der Waals surface area contributed by atoms with E-state index in [4.69, 9.17) is 60.3 Å². The summed E-state index contributed by atoms with van der Waals surface area (Å²) in [4.78, 5) is 24.0. The smallest absolute Gasteiger partial charge is 0.485 e. The van der Waals surface area contributed by atoms with E-state index in [1.54, 1.807) is 0 Å². The molecule has 20 heteroatoms. The third-order valence-electron chi connectivity index (χ3n) is 8.61. The first-order valence-electron chi connectivity index (χ1n) is 21.3. The zero-order chi connectivity index (χ0) is 48.9. The third-order valence-corrected chi connectivity index (χ3v) is 9.17. The van der Waals surface area contributed by atoms with Crippen LogP contribution in [0.4, 0.5) is 13.2 Å². The van der Waals surface area contributed by atoms with E-state index in [0.29, 0.717) is 126 Å². The van der Waals surface area contributed by atoms with Crippen molar-refractivity contribution in [1.29, 1.82) is 0 Å². The van der Waals surface area contributed by atoms with E-state index in [2.05, 4.69) is 5.32 Å². The van der Waals surface area contributed by atoms with Crippen molar-refractivity contribution in [2.75, 3.05) is 106 Å². The Kier molecular flexibility index (Phi) is 25.6. The Hall–Kier alpha value is -5.48. The minimum Gasteiger partial charge on any atom is -0.741 e. The van der Waals surface area contributed by atoms with Crippen LogP contribution in [0.1, 0.15) is 43.0 Å². The molecule has 0 saturated heterocycles. The second-order valence-corrected chi connectivity index (χ2v) is 15.8. The van der Waals surface area contributed by atoms with Crippen LogP contribution in [0, 0.1) is 27.7 Å². The van der Waals surface area contributed by atoms with E-state index < -0.39 is 15.6 Å². The molecule has 5 rings (SSSR count). The minimum atomic E-state index is -6.09. The normalized spacial score (nSPS) is 14.6. The number of benzene rings is 4. The molecule has 0 radical (unpaired) electrons. The molecule has 1 aliphatic heterocycles. The maximum Gasteiger partial charge on any atom is 0.485 e. The van der Waals surface area contributed by atoms with Gasteiger partial charge in [0.25, 0.3) is 0 Å². The molecule has 4 aromatic carbocycles. The van der Waals surface area contributed by atoms with Crippen molar-refractivity contribution < 1.29 is 83.1 Å². The lowest BCUT2D eigenvalue weighted by molar-refractivity contribution is -0.0518. The molecule has 0 bridgehead atoms. The maximum absolute atomic E-state index is 12.0. The predicted molar refractivity (Wildman–Crippen MR) is 239 cm³/mol. The fourth-order valence-electron chi connectivity index (χ4n) is 5.77. The molecular weight excluding hydrogens is 908 g/mol. The van der Waals surface area contributed by atoms with Gasteiger partial charge in [0, 0.05) is 13.1 Å². The highest BCUT2D eigenvalue weighted by Gasteiger charge is 2.37. The first kappa shape index (κ1) is 55.8. The largest absolute Gasteiger partial charge is 0.741 e. The molecule has 67 heavy (non-hydrogen) atoms. The number of hydrogen-bond donors (Lipinski definition) is 1. The summed E-state index contributed by atoms with van der Waals surface area (Å²) in [5.41, 5.74) is -0.384. The molecule has 16 nitrogen and oxygen atoms in total. The number of alkyl halides is 3. The fourth-order valence-corrected chi connectivity index (χ4v) is 5.77. The van der Waals surface area contributed by atoms with Crippen LogP contribution in [0.5, 0.6) is 23.0 Å². The van der Waals surface area contributed by atoms with Gasteiger partial charge in [-0.3, -0.25) is 0 Å². The molecule has 0 fully saturated rings. The lowest BCUT2D eigenvalue weighted by atomic mass is 10.1. The first-order chi connectivity index (χ1) is 32.0. The monoisotopic (exact) mass is 966 g/mol. The van der Waals surface area contributed by atoms with Gasteiger partial charge in [-0.15, -0.1) is 0 Å². The highest BCUT2D eigenvalue weighted by molar-refractivity contribution is 7.86. The summed E-state index contributed by atoms with van der Waals surface area (Å²) in [6.45, 7) is 14.8. The summed E-state index contributed by atoms with van der Waals surface area (Å²) >= 11 is 0. The van der Waals surface area contributed by atoms with Gasteiger partial charge in [-0.05, 0) is 76.2 Å². The van der Waals surface area contributed by atoms with E-state index in [1.807, 2.05) is 113 Å². The maximum atomic E-state index is 12.0. The van der Waals surface area contributed by atoms with Gasteiger partial charge in [-0.2, -0.15) is 13.2 Å². The Balaban J connectivity index is 0.000000309. The quantitative estimate of drug-likeness (QED) is 0.0863. The number of halogens is 3. The van der Waals surface area contributed by atoms with Crippen LogP contribution in [-0.2, 0) is 38.5 Å². The lowest BCUT2D eigenvalue weighted by Gasteiger charge is -2.14. The molecule has 0 spiro atoms. The molecule has 0 aliphatic carbocycles. The average Bonchev–Trinajstić information content (AvgIpc) is 3.26. The van der Waals surface area contributed by atoms with Gasteiger partial charge in [0.1, 0.15) is 39.6 Å². The second-order valence-electron chi connectivity index (χ2n) is 14.4. The van der Waals surface area contributed by atoms with Gasteiger partial charge in [-0.25, -0.2) is 18.0 Å². The number of fused-ring (bicyclic) bond motifs is 2. The number of nitrogens with one attached hydrogen (secondary N) is 1. The zero-order valence-corrected chi connectivity index (χ0v) is 38.9. The van der Waals surface area contributed by atoms with Crippen molar-refractivity contribution in [2.45, 2.75) is 33.2 Å². The van der Waals surface area contributed by atoms with Gasteiger partial charge in [0.05, 0.1) is 64.0 Å². The van der Waals surface area contributed by atoms with E-state index in [0.717, 1.165) is 22.3 Å². The molecule has 4 aromatic rings. The number of para-hydroxylation sites is 4. The molecule has 1 aliphatic rings. The molecular formula is C47H59F3NO15S-. The van der Waals surface area contributed by atoms with Crippen molar-refractivity contribution in [3.05, 3.63) is 118 Å². The number of carbonyl (C=O) groups is 2. The first-order valence-corrected chi connectivity index (χ1v) is 22.7. The Morgan fingerprint density at radius 3 is 1.03 bits per heavy atom. The van der Waals surface area contributed by atoms with Crippen molar-refractivity contribution >= 4 is 22.1 Å². The zero-order valence-electron chi connectivity index (χ0n) is 38.1. The molecule has 0 aromatic heterocycles. The van der Waals surface area contributed by atoms with Crippen molar-refractivity contribution in [3.63, 3.8) is 0 Å². The summed E-state index contributed by atoms with van der Waals surface area (Å²) in [6, 6.07) is 26.4. The van der Waals surface area contributed by atoms with E-state index >= 15 is 0 Å². The van der Waals surface area contributed by atoms with Crippen LogP contribution in [0.3, 0.4) is 0 Å². The molecule has 370 valence electrons. The summed E-state index contributed by atoms with van der Waals surface area (Å²) in [6.07, 6.45) is 0. The molecule has 0 atom stereocenters.